The van der Waals surface area contributed by atoms with Gasteiger partial charge in [0.15, 0.2) is 5.82 Å². The minimum atomic E-state index is 0.596. The van der Waals surface area contributed by atoms with Crippen LogP contribution in [0, 0.1) is 5.92 Å². The van der Waals surface area contributed by atoms with Crippen LogP contribution in [0.4, 0.5) is 0 Å². The van der Waals surface area contributed by atoms with Crippen LogP contribution in [0.2, 0.25) is 0 Å². The summed E-state index contributed by atoms with van der Waals surface area (Å²) >= 11 is 1.60. The molecule has 3 aromatic rings. The van der Waals surface area contributed by atoms with Gasteiger partial charge >= 0.3 is 0 Å². The Morgan fingerprint density at radius 3 is 2.72 bits per heavy atom. The predicted octanol–water partition coefficient (Wildman–Crippen LogP) is 2.45. The molecule has 5 nitrogen and oxygen atoms in total. The maximum absolute atomic E-state index is 4.58. The number of nitrogens with zero attached hydrogens (tertiary/aromatic N) is 5. The Balaban J connectivity index is 2.06. The molecule has 3 rings (SSSR count). The second kappa shape index (κ2) is 4.45. The van der Waals surface area contributed by atoms with Crippen LogP contribution >= 0.6 is 11.3 Å². The highest BCUT2D eigenvalue weighted by molar-refractivity contribution is 7.16. The van der Waals surface area contributed by atoms with Crippen molar-refractivity contribution >= 4 is 16.3 Å². The molecule has 0 aliphatic rings. The van der Waals surface area contributed by atoms with E-state index in [4.69, 9.17) is 0 Å². The number of fused-ring (bicyclic) bond motifs is 1. The smallest absolute Gasteiger partial charge is 0.234 e. The van der Waals surface area contributed by atoms with Gasteiger partial charge in [0.25, 0.3) is 0 Å². The van der Waals surface area contributed by atoms with Gasteiger partial charge in [0.2, 0.25) is 4.96 Å². The third kappa shape index (κ3) is 1.99. The van der Waals surface area contributed by atoms with Gasteiger partial charge in [-0.3, -0.25) is 4.98 Å². The van der Waals surface area contributed by atoms with Crippen LogP contribution in [0.3, 0.4) is 0 Å². The van der Waals surface area contributed by atoms with Gasteiger partial charge in [0.05, 0.1) is 0 Å². The zero-order valence-corrected chi connectivity index (χ0v) is 11.1. The molecule has 0 radical (unpaired) electrons. The van der Waals surface area contributed by atoms with Crippen molar-refractivity contribution in [1.82, 2.24) is 24.8 Å². The number of aromatic nitrogens is 5. The Kier molecular flexibility index (Phi) is 2.79. The summed E-state index contributed by atoms with van der Waals surface area (Å²) in [4.78, 5) is 4.85. The van der Waals surface area contributed by atoms with Crippen molar-refractivity contribution in [3.05, 3.63) is 29.5 Å². The molecule has 0 amide bonds. The number of rotatable bonds is 3. The summed E-state index contributed by atoms with van der Waals surface area (Å²) in [5, 5.41) is 14.0. The van der Waals surface area contributed by atoms with Gasteiger partial charge in [0, 0.05) is 24.4 Å². The molecule has 0 bridgehead atoms. The zero-order chi connectivity index (χ0) is 12.5. The van der Waals surface area contributed by atoms with E-state index in [-0.39, 0.29) is 0 Å². The summed E-state index contributed by atoms with van der Waals surface area (Å²) in [5.41, 5.74) is 0.985. The third-order valence-corrected chi connectivity index (χ3v) is 3.48. The summed E-state index contributed by atoms with van der Waals surface area (Å²) in [6.45, 7) is 4.37. The van der Waals surface area contributed by atoms with Crippen molar-refractivity contribution in [2.24, 2.45) is 5.92 Å². The topological polar surface area (TPSA) is 56.0 Å². The van der Waals surface area contributed by atoms with Gasteiger partial charge in [0.1, 0.15) is 5.01 Å². The fraction of sp³-hybridized carbons (Fsp3) is 0.333. The molecule has 0 aliphatic heterocycles. The highest BCUT2D eigenvalue weighted by Crippen LogP contribution is 2.22. The Morgan fingerprint density at radius 1 is 1.22 bits per heavy atom. The monoisotopic (exact) mass is 259 g/mol. The second-order valence-corrected chi connectivity index (χ2v) is 5.59. The maximum Gasteiger partial charge on any atom is 0.234 e. The molecule has 0 atom stereocenters. The molecule has 0 fully saturated rings. The van der Waals surface area contributed by atoms with E-state index in [0.717, 1.165) is 27.8 Å². The first-order chi connectivity index (χ1) is 8.74. The minimum absolute atomic E-state index is 0.596. The highest BCUT2D eigenvalue weighted by Gasteiger charge is 2.13. The van der Waals surface area contributed by atoms with Crippen LogP contribution in [0.5, 0.6) is 0 Å². The molecule has 0 aromatic carbocycles. The van der Waals surface area contributed by atoms with Crippen molar-refractivity contribution in [2.75, 3.05) is 0 Å². The summed E-state index contributed by atoms with van der Waals surface area (Å²) in [6, 6.07) is 3.83. The maximum atomic E-state index is 4.58. The number of hydrogen-bond acceptors (Lipinski definition) is 5. The fourth-order valence-electron chi connectivity index (χ4n) is 1.77. The molecule has 6 heteroatoms. The summed E-state index contributed by atoms with van der Waals surface area (Å²) in [7, 11) is 0. The van der Waals surface area contributed by atoms with E-state index < -0.39 is 0 Å². The van der Waals surface area contributed by atoms with Crippen LogP contribution in [0.1, 0.15) is 18.9 Å². The molecule has 0 spiro atoms. The number of hydrogen-bond donors (Lipinski definition) is 0. The molecule has 0 unspecified atom stereocenters. The molecular formula is C12H13N5S. The zero-order valence-electron chi connectivity index (χ0n) is 10.2. The molecule has 0 aliphatic carbocycles. The van der Waals surface area contributed by atoms with E-state index in [2.05, 4.69) is 34.1 Å². The largest absolute Gasteiger partial charge is 0.265 e. The normalized spacial score (nSPS) is 11.5. The van der Waals surface area contributed by atoms with E-state index in [1.165, 1.54) is 0 Å². The fourth-order valence-corrected chi connectivity index (χ4v) is 2.81. The van der Waals surface area contributed by atoms with E-state index in [1.807, 2.05) is 16.6 Å². The lowest BCUT2D eigenvalue weighted by atomic mass is 10.1. The first-order valence-electron chi connectivity index (χ1n) is 5.85. The standard InChI is InChI=1S/C12H13N5S/c1-8(2)7-10-16-17-11(14-15-12(17)18-10)9-3-5-13-6-4-9/h3-6,8H,7H2,1-2H3. The molecule has 0 N–H and O–H groups in total. The van der Waals surface area contributed by atoms with Crippen molar-refractivity contribution in [2.45, 2.75) is 20.3 Å². The van der Waals surface area contributed by atoms with Crippen LogP contribution in [0.15, 0.2) is 24.5 Å². The second-order valence-electron chi connectivity index (χ2n) is 4.55. The molecule has 0 saturated carbocycles. The SMILES string of the molecule is CC(C)Cc1nn2c(-c3ccncc3)nnc2s1. The Bertz CT molecular complexity index is 655. The highest BCUT2D eigenvalue weighted by atomic mass is 32.1. The van der Waals surface area contributed by atoms with Gasteiger partial charge < -0.3 is 0 Å². The van der Waals surface area contributed by atoms with E-state index in [9.17, 15) is 0 Å². The average molecular weight is 259 g/mol. The molecule has 3 aromatic heterocycles. The first kappa shape index (κ1) is 11.3. The van der Waals surface area contributed by atoms with Gasteiger partial charge in [-0.05, 0) is 18.1 Å². The van der Waals surface area contributed by atoms with Crippen LogP contribution in [0.25, 0.3) is 16.3 Å². The van der Waals surface area contributed by atoms with Crippen molar-refractivity contribution in [3.8, 4) is 11.4 Å². The Hall–Kier alpha value is -1.82. The van der Waals surface area contributed by atoms with Crippen LogP contribution in [-0.4, -0.2) is 24.8 Å². The quantitative estimate of drug-likeness (QED) is 0.725. The summed E-state index contributed by atoms with van der Waals surface area (Å²) in [6.07, 6.45) is 4.47. The van der Waals surface area contributed by atoms with E-state index >= 15 is 0 Å². The average Bonchev–Trinajstić information content (AvgIpc) is 2.88. The van der Waals surface area contributed by atoms with Gasteiger partial charge in [-0.1, -0.05) is 25.2 Å². The first-order valence-corrected chi connectivity index (χ1v) is 6.67. The van der Waals surface area contributed by atoms with Gasteiger partial charge in [-0.25, -0.2) is 0 Å². The minimum Gasteiger partial charge on any atom is -0.265 e. The molecule has 92 valence electrons. The lowest BCUT2D eigenvalue weighted by Gasteiger charge is -1.98. The lowest BCUT2D eigenvalue weighted by Crippen LogP contribution is -1.96. The van der Waals surface area contributed by atoms with Gasteiger partial charge in [-0.15, -0.1) is 10.2 Å². The number of pyridine rings is 1. The van der Waals surface area contributed by atoms with E-state index in [0.29, 0.717) is 5.92 Å². The van der Waals surface area contributed by atoms with Crippen LogP contribution in [-0.2, 0) is 6.42 Å². The predicted molar refractivity (Wildman–Crippen MR) is 70.4 cm³/mol. The molecule has 18 heavy (non-hydrogen) atoms. The van der Waals surface area contributed by atoms with Crippen LogP contribution < -0.4 is 0 Å². The van der Waals surface area contributed by atoms with Crippen molar-refractivity contribution in [1.29, 1.82) is 0 Å². The molecule has 3 heterocycles. The lowest BCUT2D eigenvalue weighted by molar-refractivity contribution is 0.637. The summed E-state index contributed by atoms with van der Waals surface area (Å²) in [5.74, 6) is 1.37. The molecule has 0 saturated heterocycles. The van der Waals surface area contributed by atoms with Gasteiger partial charge in [-0.2, -0.15) is 9.61 Å². The third-order valence-electron chi connectivity index (χ3n) is 2.55. The van der Waals surface area contributed by atoms with E-state index in [1.54, 1.807) is 23.7 Å². The van der Waals surface area contributed by atoms with Crippen molar-refractivity contribution < 1.29 is 0 Å². The summed E-state index contributed by atoms with van der Waals surface area (Å²) < 4.78 is 1.82. The van der Waals surface area contributed by atoms with Crippen molar-refractivity contribution in [3.63, 3.8) is 0 Å². The Morgan fingerprint density at radius 2 is 2.00 bits per heavy atom. The Labute approximate surface area is 109 Å². The molecular weight excluding hydrogens is 246 g/mol.